The molecule has 1 amide bonds. The second-order valence-electron chi connectivity index (χ2n) is 4.11. The van der Waals surface area contributed by atoms with Crippen LogP contribution in [0, 0.1) is 10.1 Å². The Kier molecular flexibility index (Phi) is 4.52. The summed E-state index contributed by atoms with van der Waals surface area (Å²) in [7, 11) is -4.70. The van der Waals surface area contributed by atoms with Crippen molar-refractivity contribution in [2.45, 2.75) is 5.09 Å². The lowest BCUT2D eigenvalue weighted by atomic mass is 10.2. The summed E-state index contributed by atoms with van der Waals surface area (Å²) in [5.41, 5.74) is 2.09. The Balaban J connectivity index is 2.01. The molecule has 0 aliphatic carbocycles. The van der Waals surface area contributed by atoms with Crippen LogP contribution in [-0.4, -0.2) is 30.0 Å². The summed E-state index contributed by atoms with van der Waals surface area (Å²) in [5, 5.41) is 13.2. The fourth-order valence-electron chi connectivity index (χ4n) is 1.49. The molecule has 0 aliphatic heterocycles. The standard InChI is InChI=1S/C12H9N3O7S/c16-12(8-1-3-9(4-2-8)15(17)18)14-13-7-10-5-6-11(22-10)23(19,20)21/h1-7H,(H,14,16)(H,19,20,21)/p-1/b13-7-. The monoisotopic (exact) mass is 338 g/mol. The molecule has 0 saturated carbocycles. The second-order valence-corrected chi connectivity index (χ2v) is 5.42. The summed E-state index contributed by atoms with van der Waals surface area (Å²) < 4.78 is 36.7. The molecule has 1 N–H and O–H groups in total. The Bertz CT molecular complexity index is 868. The van der Waals surface area contributed by atoms with Gasteiger partial charge in [-0.25, -0.2) is 13.8 Å². The number of nitro groups is 1. The first-order valence-electron chi connectivity index (χ1n) is 5.91. The number of nitrogens with zero attached hydrogens (tertiary/aromatic N) is 2. The van der Waals surface area contributed by atoms with Gasteiger partial charge in [-0.15, -0.1) is 0 Å². The van der Waals surface area contributed by atoms with Crippen LogP contribution in [-0.2, 0) is 10.1 Å². The Hall–Kier alpha value is -3.05. The third-order valence-corrected chi connectivity index (χ3v) is 3.26. The molecule has 0 saturated heterocycles. The molecule has 1 heterocycles. The number of rotatable bonds is 5. The molecule has 0 unspecified atom stereocenters. The predicted molar refractivity (Wildman–Crippen MR) is 74.8 cm³/mol. The molecule has 2 aromatic rings. The Morgan fingerprint density at radius 2 is 1.87 bits per heavy atom. The Morgan fingerprint density at radius 3 is 2.39 bits per heavy atom. The first-order valence-corrected chi connectivity index (χ1v) is 7.32. The molecule has 0 aliphatic rings. The lowest BCUT2D eigenvalue weighted by Crippen LogP contribution is -2.17. The molecule has 2 rings (SSSR count). The minimum Gasteiger partial charge on any atom is -0.742 e. The molecule has 120 valence electrons. The molecular formula is C12H8N3O7S-. The molecule has 1 aromatic carbocycles. The molecule has 11 heteroatoms. The number of benzene rings is 1. The van der Waals surface area contributed by atoms with Crippen molar-refractivity contribution in [3.8, 4) is 0 Å². The van der Waals surface area contributed by atoms with Crippen molar-refractivity contribution in [3.05, 3.63) is 57.8 Å². The molecule has 10 nitrogen and oxygen atoms in total. The van der Waals surface area contributed by atoms with Crippen LogP contribution in [0.4, 0.5) is 5.69 Å². The average Bonchev–Trinajstić information content (AvgIpc) is 2.96. The van der Waals surface area contributed by atoms with E-state index in [2.05, 4.69) is 10.5 Å². The van der Waals surface area contributed by atoms with Gasteiger partial charge in [0, 0.05) is 17.7 Å². The smallest absolute Gasteiger partial charge is 0.271 e. The number of carbonyl (C=O) groups excluding carboxylic acids is 1. The third kappa shape index (κ3) is 4.21. The van der Waals surface area contributed by atoms with E-state index in [1.807, 2.05) is 0 Å². The molecule has 0 atom stereocenters. The summed E-state index contributed by atoms with van der Waals surface area (Å²) in [6, 6.07) is 6.97. The molecule has 1 aromatic heterocycles. The van der Waals surface area contributed by atoms with Gasteiger partial charge in [0.05, 0.1) is 11.1 Å². The number of nitrogens with one attached hydrogen (secondary N) is 1. The maximum atomic E-state index is 11.7. The summed E-state index contributed by atoms with van der Waals surface area (Å²) in [6.07, 6.45) is 0.998. The van der Waals surface area contributed by atoms with Crippen molar-refractivity contribution >= 4 is 27.9 Å². The van der Waals surface area contributed by atoms with Gasteiger partial charge in [0.15, 0.2) is 10.1 Å². The molecule has 0 bridgehead atoms. The lowest BCUT2D eigenvalue weighted by Gasteiger charge is -2.00. The van der Waals surface area contributed by atoms with Crippen molar-refractivity contribution < 1.29 is 27.1 Å². The summed E-state index contributed by atoms with van der Waals surface area (Å²) in [6.45, 7) is 0. The van der Waals surface area contributed by atoms with Gasteiger partial charge in [-0.2, -0.15) is 5.10 Å². The molecule has 0 spiro atoms. The number of amides is 1. The normalized spacial score (nSPS) is 11.5. The number of hydrogen-bond acceptors (Lipinski definition) is 8. The number of carbonyl (C=O) groups is 1. The SMILES string of the molecule is O=C(N/N=C\c1ccc(S(=O)(=O)[O-])o1)c1ccc([N+](=O)[O-])cc1. The van der Waals surface area contributed by atoms with Gasteiger partial charge in [0.2, 0.25) is 5.09 Å². The van der Waals surface area contributed by atoms with Crippen molar-refractivity contribution in [2.75, 3.05) is 0 Å². The van der Waals surface area contributed by atoms with Crippen LogP contribution >= 0.6 is 0 Å². The van der Waals surface area contributed by atoms with Gasteiger partial charge in [0.25, 0.3) is 11.6 Å². The van der Waals surface area contributed by atoms with E-state index < -0.39 is 26.0 Å². The summed E-state index contributed by atoms with van der Waals surface area (Å²) in [5.74, 6) is -0.692. The lowest BCUT2D eigenvalue weighted by molar-refractivity contribution is -0.384. The topological polar surface area (TPSA) is 155 Å². The van der Waals surface area contributed by atoms with Gasteiger partial charge in [0.1, 0.15) is 5.76 Å². The van der Waals surface area contributed by atoms with Crippen molar-refractivity contribution in [2.24, 2.45) is 5.10 Å². The first kappa shape index (κ1) is 16.3. The summed E-state index contributed by atoms with van der Waals surface area (Å²) >= 11 is 0. The minimum absolute atomic E-state index is 0.0524. The first-order chi connectivity index (χ1) is 10.8. The van der Waals surface area contributed by atoms with Crippen LogP contribution in [0.5, 0.6) is 0 Å². The minimum atomic E-state index is -4.70. The van der Waals surface area contributed by atoms with E-state index in [4.69, 9.17) is 4.42 Å². The van der Waals surface area contributed by atoms with Gasteiger partial charge in [-0.3, -0.25) is 14.9 Å². The maximum Gasteiger partial charge on any atom is 0.271 e. The quantitative estimate of drug-likeness (QED) is 0.366. The highest BCUT2D eigenvalue weighted by Gasteiger charge is 2.09. The van der Waals surface area contributed by atoms with E-state index >= 15 is 0 Å². The average molecular weight is 338 g/mol. The van der Waals surface area contributed by atoms with Gasteiger partial charge >= 0.3 is 0 Å². The van der Waals surface area contributed by atoms with Crippen LogP contribution in [0.15, 0.2) is 51.0 Å². The van der Waals surface area contributed by atoms with Crippen molar-refractivity contribution in [1.29, 1.82) is 0 Å². The predicted octanol–water partition coefficient (Wildman–Crippen LogP) is 0.856. The zero-order valence-electron chi connectivity index (χ0n) is 11.2. The van der Waals surface area contributed by atoms with Crippen molar-refractivity contribution in [3.63, 3.8) is 0 Å². The van der Waals surface area contributed by atoms with Crippen LogP contribution in [0.1, 0.15) is 16.1 Å². The van der Waals surface area contributed by atoms with E-state index in [-0.39, 0.29) is 17.0 Å². The number of non-ortho nitro benzene ring substituents is 1. The van der Waals surface area contributed by atoms with Crippen LogP contribution < -0.4 is 5.43 Å². The largest absolute Gasteiger partial charge is 0.742 e. The summed E-state index contributed by atoms with van der Waals surface area (Å²) in [4.78, 5) is 21.6. The highest BCUT2D eigenvalue weighted by Crippen LogP contribution is 2.12. The van der Waals surface area contributed by atoms with Crippen LogP contribution in [0.2, 0.25) is 0 Å². The molecule has 0 fully saturated rings. The third-order valence-electron chi connectivity index (χ3n) is 2.55. The second kappa shape index (κ2) is 6.37. The Morgan fingerprint density at radius 1 is 1.22 bits per heavy atom. The van der Waals surface area contributed by atoms with Crippen molar-refractivity contribution in [1.82, 2.24) is 5.43 Å². The molecular weight excluding hydrogens is 330 g/mol. The zero-order valence-corrected chi connectivity index (χ0v) is 12.0. The van der Waals surface area contributed by atoms with E-state index in [1.165, 1.54) is 18.2 Å². The fourth-order valence-corrected chi connectivity index (χ4v) is 1.92. The molecule has 23 heavy (non-hydrogen) atoms. The van der Waals surface area contributed by atoms with E-state index in [0.29, 0.717) is 0 Å². The highest BCUT2D eigenvalue weighted by molar-refractivity contribution is 7.85. The van der Waals surface area contributed by atoms with Gasteiger partial charge in [-0.05, 0) is 24.3 Å². The Labute approximate surface area is 129 Å². The zero-order chi connectivity index (χ0) is 17.0. The number of hydrogen-bond donors (Lipinski definition) is 1. The number of furan rings is 1. The number of hydrazone groups is 1. The van der Waals surface area contributed by atoms with Gasteiger partial charge in [-0.1, -0.05) is 0 Å². The highest BCUT2D eigenvalue weighted by atomic mass is 32.2. The van der Waals surface area contributed by atoms with Crippen LogP contribution in [0.3, 0.4) is 0 Å². The van der Waals surface area contributed by atoms with E-state index in [0.717, 1.165) is 24.4 Å². The van der Waals surface area contributed by atoms with E-state index in [9.17, 15) is 27.9 Å². The molecule has 0 radical (unpaired) electrons. The number of nitro benzene ring substituents is 1. The fraction of sp³-hybridized carbons (Fsp3) is 0. The van der Waals surface area contributed by atoms with Crippen LogP contribution in [0.25, 0.3) is 0 Å². The maximum absolute atomic E-state index is 11.7. The van der Waals surface area contributed by atoms with Gasteiger partial charge < -0.3 is 8.97 Å². The van der Waals surface area contributed by atoms with E-state index in [1.54, 1.807) is 0 Å².